The highest BCUT2D eigenvalue weighted by atomic mass is 32.1. The van der Waals surface area contributed by atoms with Crippen molar-refractivity contribution in [2.24, 2.45) is 0 Å². The number of ether oxygens (including phenoxy) is 1. The summed E-state index contributed by atoms with van der Waals surface area (Å²) in [6.07, 6.45) is 1.52. The number of amides is 1. The van der Waals surface area contributed by atoms with Crippen molar-refractivity contribution in [1.29, 1.82) is 0 Å². The average Bonchev–Trinajstić information content (AvgIpc) is 2.96. The van der Waals surface area contributed by atoms with Gasteiger partial charge in [0.1, 0.15) is 12.4 Å². The molecule has 1 amide bonds. The molecule has 0 fully saturated rings. The number of carbonyl (C=O) groups is 1. The molecule has 6 nitrogen and oxygen atoms in total. The first-order chi connectivity index (χ1) is 13.0. The van der Waals surface area contributed by atoms with Crippen LogP contribution in [-0.2, 0) is 6.54 Å². The number of thiophene rings is 1. The second kappa shape index (κ2) is 6.92. The normalized spacial score (nSPS) is 13.6. The maximum Gasteiger partial charge on any atom is 0.254 e. The van der Waals surface area contributed by atoms with Crippen LogP contribution >= 0.6 is 11.3 Å². The Labute approximate surface area is 160 Å². The Morgan fingerprint density at radius 1 is 1.30 bits per heavy atom. The molecule has 0 unspecified atom stereocenters. The predicted molar refractivity (Wildman–Crippen MR) is 105 cm³/mol. The van der Waals surface area contributed by atoms with E-state index in [9.17, 15) is 9.90 Å². The average molecular weight is 381 g/mol. The third-order valence-corrected chi connectivity index (χ3v) is 5.50. The minimum atomic E-state index is -0.141. The summed E-state index contributed by atoms with van der Waals surface area (Å²) in [6.45, 7) is 3.12. The van der Waals surface area contributed by atoms with Crippen molar-refractivity contribution < 1.29 is 14.6 Å². The quantitative estimate of drug-likeness (QED) is 0.710. The molecule has 0 radical (unpaired) electrons. The van der Waals surface area contributed by atoms with E-state index in [1.54, 1.807) is 34.4 Å². The lowest BCUT2D eigenvalue weighted by Gasteiger charge is -2.20. The fraction of sp³-hybridized carbons (Fsp3) is 0.200. The lowest BCUT2D eigenvalue weighted by atomic mass is 10.1. The van der Waals surface area contributed by atoms with E-state index in [0.717, 1.165) is 16.0 Å². The zero-order valence-corrected chi connectivity index (χ0v) is 15.6. The van der Waals surface area contributed by atoms with Crippen LogP contribution < -0.4 is 10.5 Å². The van der Waals surface area contributed by atoms with Crippen LogP contribution in [0.2, 0.25) is 0 Å². The highest BCUT2D eigenvalue weighted by Gasteiger charge is 2.24. The largest absolute Gasteiger partial charge is 0.504 e. The third-order valence-electron chi connectivity index (χ3n) is 4.46. The molecule has 3 aromatic rings. The Morgan fingerprint density at radius 2 is 2.15 bits per heavy atom. The molecule has 1 aromatic carbocycles. The van der Waals surface area contributed by atoms with Crippen LogP contribution in [0.4, 0.5) is 5.82 Å². The molecule has 1 aliphatic heterocycles. The number of phenols is 1. The monoisotopic (exact) mass is 381 g/mol. The topological polar surface area (TPSA) is 88.7 Å². The molecule has 1 aliphatic rings. The molecule has 0 saturated carbocycles. The lowest BCUT2D eigenvalue weighted by Crippen LogP contribution is -2.32. The van der Waals surface area contributed by atoms with Gasteiger partial charge in [0, 0.05) is 33.6 Å². The number of aromatic nitrogens is 1. The van der Waals surface area contributed by atoms with Crippen molar-refractivity contribution in [2.75, 3.05) is 18.9 Å². The molecule has 138 valence electrons. The number of fused-ring (bicyclic) bond motifs is 1. The van der Waals surface area contributed by atoms with Gasteiger partial charge < -0.3 is 20.5 Å². The molecule has 3 N–H and O–H groups in total. The number of aryl methyl sites for hydroxylation is 1. The summed E-state index contributed by atoms with van der Waals surface area (Å²) in [6, 6.07) is 11.0. The maximum absolute atomic E-state index is 12.9. The summed E-state index contributed by atoms with van der Waals surface area (Å²) in [7, 11) is 0. The van der Waals surface area contributed by atoms with Gasteiger partial charge in [0.2, 0.25) is 0 Å². The van der Waals surface area contributed by atoms with E-state index in [4.69, 9.17) is 10.5 Å². The molecule has 0 atom stereocenters. The third kappa shape index (κ3) is 3.46. The van der Waals surface area contributed by atoms with Gasteiger partial charge in [-0.3, -0.25) is 4.79 Å². The first-order valence-electron chi connectivity index (χ1n) is 8.57. The van der Waals surface area contributed by atoms with Gasteiger partial charge in [-0.25, -0.2) is 4.98 Å². The van der Waals surface area contributed by atoms with Crippen molar-refractivity contribution in [3.05, 3.63) is 58.6 Å². The van der Waals surface area contributed by atoms with Crippen molar-refractivity contribution in [1.82, 2.24) is 9.88 Å². The first kappa shape index (κ1) is 17.4. The van der Waals surface area contributed by atoms with Gasteiger partial charge in [-0.15, -0.1) is 11.3 Å². The number of aromatic hydroxyl groups is 1. The zero-order chi connectivity index (χ0) is 19.0. The van der Waals surface area contributed by atoms with Crippen LogP contribution in [-0.4, -0.2) is 34.0 Å². The number of nitrogens with two attached hydrogens (primary N) is 1. The molecule has 3 heterocycles. The van der Waals surface area contributed by atoms with Gasteiger partial charge in [-0.05, 0) is 48.9 Å². The summed E-state index contributed by atoms with van der Waals surface area (Å²) in [4.78, 5) is 20.8. The SMILES string of the molecule is Cc1ccc(-c2cc(O)c3c(c2)CN(C(=O)c2ccnc(N)c2)CCO3)s1. The van der Waals surface area contributed by atoms with Crippen LogP contribution in [0.1, 0.15) is 20.8 Å². The summed E-state index contributed by atoms with van der Waals surface area (Å²) in [5.74, 6) is 0.699. The van der Waals surface area contributed by atoms with E-state index < -0.39 is 0 Å². The van der Waals surface area contributed by atoms with Crippen LogP contribution in [0.5, 0.6) is 11.5 Å². The number of benzene rings is 1. The Kier molecular flexibility index (Phi) is 4.45. The van der Waals surface area contributed by atoms with Crippen LogP contribution in [0.25, 0.3) is 10.4 Å². The first-order valence-corrected chi connectivity index (χ1v) is 9.39. The standard InChI is InChI=1S/C20H19N3O3S/c1-12-2-3-17(27-12)14-8-15-11-23(6-7-26-19(15)16(24)9-14)20(25)13-4-5-22-18(21)10-13/h2-5,8-10,24H,6-7,11H2,1H3,(H2,21,22). The molecule has 0 spiro atoms. The van der Waals surface area contributed by atoms with Crippen LogP contribution in [0.15, 0.2) is 42.6 Å². The molecule has 2 aromatic heterocycles. The molecule has 0 aliphatic carbocycles. The van der Waals surface area contributed by atoms with Gasteiger partial charge in [0.25, 0.3) is 5.91 Å². The number of carbonyl (C=O) groups excluding carboxylic acids is 1. The van der Waals surface area contributed by atoms with Gasteiger partial charge in [0.15, 0.2) is 11.5 Å². The smallest absolute Gasteiger partial charge is 0.254 e. The van der Waals surface area contributed by atoms with E-state index in [1.807, 2.05) is 25.1 Å². The second-order valence-electron chi connectivity index (χ2n) is 6.44. The number of pyridine rings is 1. The zero-order valence-electron chi connectivity index (χ0n) is 14.8. The number of hydrogen-bond donors (Lipinski definition) is 2. The van der Waals surface area contributed by atoms with Crippen LogP contribution in [0.3, 0.4) is 0 Å². The van der Waals surface area contributed by atoms with Gasteiger partial charge in [-0.1, -0.05) is 0 Å². The number of anilines is 1. The van der Waals surface area contributed by atoms with Gasteiger partial charge in [0.05, 0.1) is 6.54 Å². The predicted octanol–water partition coefficient (Wildman–Crippen LogP) is 3.44. The van der Waals surface area contributed by atoms with E-state index in [1.165, 1.54) is 11.1 Å². The fourth-order valence-electron chi connectivity index (χ4n) is 3.17. The molecule has 7 heteroatoms. The lowest BCUT2D eigenvalue weighted by molar-refractivity contribution is 0.0733. The molecular weight excluding hydrogens is 362 g/mol. The minimum Gasteiger partial charge on any atom is -0.504 e. The van der Waals surface area contributed by atoms with Crippen molar-refractivity contribution in [3.8, 4) is 21.9 Å². The molecular formula is C20H19N3O3S. The molecule has 0 saturated heterocycles. The Morgan fingerprint density at radius 3 is 2.89 bits per heavy atom. The molecule has 0 bridgehead atoms. The van der Waals surface area contributed by atoms with Gasteiger partial charge >= 0.3 is 0 Å². The van der Waals surface area contributed by atoms with E-state index in [-0.39, 0.29) is 11.7 Å². The van der Waals surface area contributed by atoms with Gasteiger partial charge in [-0.2, -0.15) is 0 Å². The number of phenolic OH excluding ortho intramolecular Hbond substituents is 1. The summed E-state index contributed by atoms with van der Waals surface area (Å²) < 4.78 is 5.74. The second-order valence-corrected chi connectivity index (χ2v) is 7.73. The highest BCUT2D eigenvalue weighted by molar-refractivity contribution is 7.15. The number of rotatable bonds is 2. The minimum absolute atomic E-state index is 0.0935. The Balaban J connectivity index is 1.68. The van der Waals surface area contributed by atoms with E-state index in [2.05, 4.69) is 4.98 Å². The Bertz CT molecular complexity index is 1020. The van der Waals surface area contributed by atoms with Crippen LogP contribution in [0, 0.1) is 6.92 Å². The van der Waals surface area contributed by atoms with E-state index >= 15 is 0 Å². The summed E-state index contributed by atoms with van der Waals surface area (Å²) in [5.41, 5.74) is 7.88. The molecule has 27 heavy (non-hydrogen) atoms. The Hall–Kier alpha value is -3.06. The van der Waals surface area contributed by atoms with Crippen molar-refractivity contribution in [2.45, 2.75) is 13.5 Å². The number of nitrogens with zero attached hydrogens (tertiary/aromatic N) is 2. The number of nitrogen functional groups attached to an aromatic ring is 1. The highest BCUT2D eigenvalue weighted by Crippen LogP contribution is 2.39. The summed E-state index contributed by atoms with van der Waals surface area (Å²) >= 11 is 1.66. The van der Waals surface area contributed by atoms with Crippen molar-refractivity contribution >= 4 is 23.1 Å². The summed E-state index contributed by atoms with van der Waals surface area (Å²) in [5, 5.41) is 10.5. The van der Waals surface area contributed by atoms with E-state index in [0.29, 0.717) is 36.8 Å². The van der Waals surface area contributed by atoms with Crippen molar-refractivity contribution in [3.63, 3.8) is 0 Å². The fourth-order valence-corrected chi connectivity index (χ4v) is 4.02. The molecule has 4 rings (SSSR count). The maximum atomic E-state index is 12.9. The number of hydrogen-bond acceptors (Lipinski definition) is 6.